The number of aromatic nitrogens is 1. The van der Waals surface area contributed by atoms with Gasteiger partial charge in [0.25, 0.3) is 10.0 Å². The largest absolute Gasteiger partial charge is 0.491 e. The van der Waals surface area contributed by atoms with Crippen molar-refractivity contribution in [1.82, 2.24) is 4.98 Å². The maximum absolute atomic E-state index is 12.2. The van der Waals surface area contributed by atoms with Crippen LogP contribution in [0.5, 0.6) is 5.75 Å². The molecule has 2 aromatic rings. The third-order valence-corrected chi connectivity index (χ3v) is 3.96. The molecule has 0 aliphatic rings. The van der Waals surface area contributed by atoms with Gasteiger partial charge in [0, 0.05) is 13.3 Å². The van der Waals surface area contributed by atoms with Crippen molar-refractivity contribution in [1.29, 1.82) is 0 Å². The van der Waals surface area contributed by atoms with Crippen LogP contribution in [0.15, 0.2) is 53.6 Å². The van der Waals surface area contributed by atoms with E-state index >= 15 is 0 Å². The number of hydrogen-bond donors (Lipinski definition) is 1. The Morgan fingerprint density at radius 1 is 1.10 bits per heavy atom. The van der Waals surface area contributed by atoms with Crippen LogP contribution >= 0.6 is 0 Å². The van der Waals surface area contributed by atoms with Gasteiger partial charge >= 0.3 is 0 Å². The van der Waals surface area contributed by atoms with E-state index in [1.807, 2.05) is 0 Å². The molecule has 0 bridgehead atoms. The van der Waals surface area contributed by atoms with Crippen molar-refractivity contribution in [2.45, 2.75) is 4.90 Å². The lowest BCUT2D eigenvalue weighted by molar-refractivity contribution is 0.146. The summed E-state index contributed by atoms with van der Waals surface area (Å²) in [5.41, 5.74) is 0. The molecule has 0 saturated heterocycles. The second-order valence-electron chi connectivity index (χ2n) is 4.13. The molecule has 0 atom stereocenters. The lowest BCUT2D eigenvalue weighted by Gasteiger charge is -2.09. The molecule has 0 spiro atoms. The van der Waals surface area contributed by atoms with Gasteiger partial charge in [-0.05, 0) is 36.4 Å². The molecule has 0 radical (unpaired) electrons. The van der Waals surface area contributed by atoms with Gasteiger partial charge in [-0.25, -0.2) is 13.4 Å². The van der Waals surface area contributed by atoms with Crippen LogP contribution in [0.3, 0.4) is 0 Å². The van der Waals surface area contributed by atoms with Crippen LogP contribution in [-0.2, 0) is 14.8 Å². The summed E-state index contributed by atoms with van der Waals surface area (Å²) < 4.78 is 37.0. The molecule has 0 unspecified atom stereocenters. The Hall–Kier alpha value is -2.12. The number of hydrogen-bond acceptors (Lipinski definition) is 5. The van der Waals surface area contributed by atoms with E-state index in [4.69, 9.17) is 9.47 Å². The quantitative estimate of drug-likeness (QED) is 0.791. The van der Waals surface area contributed by atoms with Gasteiger partial charge < -0.3 is 9.47 Å². The van der Waals surface area contributed by atoms with Crippen molar-refractivity contribution in [3.63, 3.8) is 0 Å². The van der Waals surface area contributed by atoms with Crippen LogP contribution in [0.2, 0.25) is 0 Å². The monoisotopic (exact) mass is 308 g/mol. The molecule has 1 aromatic heterocycles. The number of pyridine rings is 1. The molecule has 2 rings (SSSR count). The number of methoxy groups -OCH3 is 1. The first-order valence-electron chi connectivity index (χ1n) is 6.27. The molecular formula is C14H16N2O4S. The maximum Gasteiger partial charge on any atom is 0.263 e. The molecule has 0 saturated carbocycles. The summed E-state index contributed by atoms with van der Waals surface area (Å²) in [6.07, 6.45) is 1.52. The summed E-state index contributed by atoms with van der Waals surface area (Å²) >= 11 is 0. The Balaban J connectivity index is 2.06. The number of benzene rings is 1. The van der Waals surface area contributed by atoms with Crippen molar-refractivity contribution in [2.24, 2.45) is 0 Å². The zero-order chi connectivity index (χ0) is 15.1. The fraction of sp³-hybridized carbons (Fsp3) is 0.214. The highest BCUT2D eigenvalue weighted by Crippen LogP contribution is 2.18. The van der Waals surface area contributed by atoms with Crippen molar-refractivity contribution in [3.8, 4) is 5.75 Å². The first kappa shape index (κ1) is 15.3. The van der Waals surface area contributed by atoms with E-state index in [0.29, 0.717) is 19.0 Å². The Kier molecular flexibility index (Phi) is 5.13. The van der Waals surface area contributed by atoms with Gasteiger partial charge in [0.2, 0.25) is 0 Å². The number of nitrogens with zero attached hydrogens (tertiary/aromatic N) is 1. The number of anilines is 1. The van der Waals surface area contributed by atoms with Crippen molar-refractivity contribution < 1.29 is 17.9 Å². The topological polar surface area (TPSA) is 77.5 Å². The number of sulfonamides is 1. The number of rotatable bonds is 7. The second-order valence-corrected chi connectivity index (χ2v) is 5.82. The highest BCUT2D eigenvalue weighted by Gasteiger charge is 2.14. The molecule has 0 aliphatic carbocycles. The van der Waals surface area contributed by atoms with Crippen LogP contribution in [0, 0.1) is 0 Å². The van der Waals surface area contributed by atoms with Crippen molar-refractivity contribution in [2.75, 3.05) is 25.0 Å². The molecule has 1 aromatic carbocycles. The minimum Gasteiger partial charge on any atom is -0.491 e. The van der Waals surface area contributed by atoms with E-state index < -0.39 is 10.0 Å². The van der Waals surface area contributed by atoms with E-state index in [9.17, 15) is 8.42 Å². The molecular weight excluding hydrogens is 292 g/mol. The molecule has 112 valence electrons. The lowest BCUT2D eigenvalue weighted by atomic mass is 10.3. The van der Waals surface area contributed by atoms with Crippen LogP contribution in [0.25, 0.3) is 0 Å². The van der Waals surface area contributed by atoms with Crippen LogP contribution in [0.1, 0.15) is 0 Å². The predicted octanol–water partition coefficient (Wildman–Crippen LogP) is 1.91. The van der Waals surface area contributed by atoms with Gasteiger partial charge in [0.1, 0.15) is 18.2 Å². The highest BCUT2D eigenvalue weighted by molar-refractivity contribution is 7.92. The average Bonchev–Trinajstić information content (AvgIpc) is 2.49. The zero-order valence-electron chi connectivity index (χ0n) is 11.5. The average molecular weight is 308 g/mol. The van der Waals surface area contributed by atoms with Crippen molar-refractivity contribution in [3.05, 3.63) is 48.7 Å². The molecule has 1 N–H and O–H groups in total. The van der Waals surface area contributed by atoms with Crippen molar-refractivity contribution >= 4 is 15.8 Å². The molecule has 6 nitrogen and oxygen atoms in total. The Bertz CT molecular complexity index is 657. The molecule has 0 aliphatic heterocycles. The Morgan fingerprint density at radius 3 is 2.48 bits per heavy atom. The summed E-state index contributed by atoms with van der Waals surface area (Å²) in [5.74, 6) is 0.863. The van der Waals surface area contributed by atoms with E-state index in [1.165, 1.54) is 18.3 Å². The minimum atomic E-state index is -3.65. The van der Waals surface area contributed by atoms with Gasteiger partial charge in [-0.1, -0.05) is 6.07 Å². The fourth-order valence-corrected chi connectivity index (χ4v) is 2.59. The van der Waals surface area contributed by atoms with Gasteiger partial charge in [-0.3, -0.25) is 4.72 Å². The van der Waals surface area contributed by atoms with E-state index in [-0.39, 0.29) is 10.7 Å². The summed E-state index contributed by atoms with van der Waals surface area (Å²) in [7, 11) is -2.06. The summed E-state index contributed by atoms with van der Waals surface area (Å²) in [5, 5.41) is 0. The maximum atomic E-state index is 12.2. The Morgan fingerprint density at radius 2 is 1.86 bits per heavy atom. The van der Waals surface area contributed by atoms with Crippen LogP contribution in [0.4, 0.5) is 5.82 Å². The van der Waals surface area contributed by atoms with Gasteiger partial charge in [-0.2, -0.15) is 0 Å². The second kappa shape index (κ2) is 7.05. The number of nitrogens with one attached hydrogen (secondary N) is 1. The van der Waals surface area contributed by atoms with Crippen LogP contribution < -0.4 is 9.46 Å². The van der Waals surface area contributed by atoms with E-state index in [2.05, 4.69) is 9.71 Å². The standard InChI is InChI=1S/C14H16N2O4S/c1-19-10-11-20-12-5-7-13(8-6-12)21(17,18)16-14-4-2-3-9-15-14/h2-9H,10-11H2,1H3,(H,15,16). The van der Waals surface area contributed by atoms with Crippen LogP contribution in [-0.4, -0.2) is 33.7 Å². The van der Waals surface area contributed by atoms with E-state index in [0.717, 1.165) is 0 Å². The summed E-state index contributed by atoms with van der Waals surface area (Å²) in [6, 6.07) is 11.2. The molecule has 21 heavy (non-hydrogen) atoms. The third-order valence-electron chi connectivity index (χ3n) is 2.59. The summed E-state index contributed by atoms with van der Waals surface area (Å²) in [6.45, 7) is 0.885. The fourth-order valence-electron chi connectivity index (χ4n) is 1.58. The lowest BCUT2D eigenvalue weighted by Crippen LogP contribution is -2.13. The molecule has 0 amide bonds. The summed E-state index contributed by atoms with van der Waals surface area (Å²) in [4.78, 5) is 4.07. The van der Waals surface area contributed by atoms with Gasteiger partial charge in [0.15, 0.2) is 0 Å². The minimum absolute atomic E-state index is 0.146. The number of ether oxygens (including phenoxy) is 2. The normalized spacial score (nSPS) is 11.1. The molecule has 7 heteroatoms. The zero-order valence-corrected chi connectivity index (χ0v) is 12.3. The highest BCUT2D eigenvalue weighted by atomic mass is 32.2. The van der Waals surface area contributed by atoms with E-state index in [1.54, 1.807) is 37.4 Å². The van der Waals surface area contributed by atoms with Gasteiger partial charge in [0.05, 0.1) is 11.5 Å². The first-order valence-corrected chi connectivity index (χ1v) is 7.76. The molecule has 1 heterocycles. The first-order chi connectivity index (χ1) is 10.1. The smallest absolute Gasteiger partial charge is 0.263 e. The predicted molar refractivity (Wildman–Crippen MR) is 78.9 cm³/mol. The SMILES string of the molecule is COCCOc1ccc(S(=O)(=O)Nc2ccccn2)cc1. The Labute approximate surface area is 123 Å². The third kappa shape index (κ3) is 4.44. The van der Waals surface area contributed by atoms with Gasteiger partial charge in [-0.15, -0.1) is 0 Å². The molecule has 0 fully saturated rings.